The number of Topliss-reactive ketones (excluding diaryl/α,β-unsaturated/α-hetero) is 1. The number of benzene rings is 1. The van der Waals surface area contributed by atoms with Gasteiger partial charge in [-0.05, 0) is 30.0 Å². The number of alkyl halides is 3. The van der Waals surface area contributed by atoms with E-state index < -0.39 is 28.9 Å². The molecular weight excluding hydrogens is 244 g/mol. The van der Waals surface area contributed by atoms with Crippen molar-refractivity contribution in [2.24, 2.45) is 0 Å². The highest BCUT2D eigenvalue weighted by Gasteiger charge is 2.31. The first kappa shape index (κ1) is 13.0. The average molecular weight is 252 g/mol. The van der Waals surface area contributed by atoms with Crippen LogP contribution in [0.5, 0.6) is 0 Å². The van der Waals surface area contributed by atoms with Crippen LogP contribution in [0.15, 0.2) is 23.1 Å². The normalized spacial score (nSPS) is 11.6. The summed E-state index contributed by atoms with van der Waals surface area (Å²) in [6, 6.07) is 2.78. The van der Waals surface area contributed by atoms with Crippen molar-refractivity contribution in [1.29, 1.82) is 0 Å². The molecule has 0 amide bonds. The zero-order valence-electron chi connectivity index (χ0n) is 8.27. The molecule has 0 unspecified atom stereocenters. The molecule has 0 atom stereocenters. The molecule has 0 spiro atoms. The lowest BCUT2D eigenvalue weighted by Crippen LogP contribution is -2.05. The van der Waals surface area contributed by atoms with E-state index >= 15 is 0 Å². The summed E-state index contributed by atoms with van der Waals surface area (Å²) in [5.74, 6) is -1.23. The molecule has 0 saturated carbocycles. The van der Waals surface area contributed by atoms with Crippen LogP contribution in [0.4, 0.5) is 17.6 Å². The zero-order chi connectivity index (χ0) is 12.3. The van der Waals surface area contributed by atoms with E-state index in [1.54, 1.807) is 0 Å². The number of hydrogen-bond donors (Lipinski definition) is 0. The van der Waals surface area contributed by atoms with Crippen molar-refractivity contribution >= 4 is 17.5 Å². The largest absolute Gasteiger partial charge is 0.446 e. The Labute approximate surface area is 93.8 Å². The third-order valence-electron chi connectivity index (χ3n) is 1.79. The summed E-state index contributed by atoms with van der Waals surface area (Å²) in [6.45, 7) is 1.54. The smallest absolute Gasteiger partial charge is 0.294 e. The summed E-state index contributed by atoms with van der Waals surface area (Å²) in [5.41, 5.74) is -4.62. The Bertz CT molecular complexity index is 400. The van der Waals surface area contributed by atoms with Crippen molar-refractivity contribution < 1.29 is 22.4 Å². The zero-order valence-corrected chi connectivity index (χ0v) is 9.08. The third-order valence-corrected chi connectivity index (χ3v) is 2.58. The SMILES string of the molecule is CCC(=O)c1ccc(F)cc1SC(F)(F)F. The molecular formula is C10H8F4OS. The lowest BCUT2D eigenvalue weighted by molar-refractivity contribution is -0.0328. The Kier molecular flexibility index (Phi) is 3.96. The minimum atomic E-state index is -4.53. The molecule has 16 heavy (non-hydrogen) atoms. The van der Waals surface area contributed by atoms with Crippen molar-refractivity contribution in [3.05, 3.63) is 29.6 Å². The number of rotatable bonds is 3. The van der Waals surface area contributed by atoms with Crippen LogP contribution in [0.2, 0.25) is 0 Å². The van der Waals surface area contributed by atoms with Crippen LogP contribution in [0, 0.1) is 5.82 Å². The molecule has 0 aromatic heterocycles. The van der Waals surface area contributed by atoms with Crippen LogP contribution in [-0.4, -0.2) is 11.3 Å². The molecule has 0 aliphatic rings. The van der Waals surface area contributed by atoms with E-state index in [2.05, 4.69) is 0 Å². The molecule has 0 bridgehead atoms. The summed E-state index contributed by atoms with van der Waals surface area (Å²) in [7, 11) is 0. The maximum atomic E-state index is 12.8. The maximum Gasteiger partial charge on any atom is 0.446 e. The first-order valence-electron chi connectivity index (χ1n) is 4.42. The van der Waals surface area contributed by atoms with Crippen LogP contribution in [0.1, 0.15) is 23.7 Å². The Morgan fingerprint density at radius 2 is 2.00 bits per heavy atom. The highest BCUT2D eigenvalue weighted by atomic mass is 32.2. The van der Waals surface area contributed by atoms with Gasteiger partial charge in [-0.2, -0.15) is 13.2 Å². The second-order valence-corrected chi connectivity index (χ2v) is 4.07. The van der Waals surface area contributed by atoms with Gasteiger partial charge in [-0.15, -0.1) is 0 Å². The topological polar surface area (TPSA) is 17.1 Å². The molecule has 0 heterocycles. The van der Waals surface area contributed by atoms with E-state index in [1.807, 2.05) is 0 Å². The van der Waals surface area contributed by atoms with Gasteiger partial charge in [0.2, 0.25) is 0 Å². The van der Waals surface area contributed by atoms with E-state index in [4.69, 9.17) is 0 Å². The molecule has 1 aromatic rings. The van der Waals surface area contributed by atoms with Gasteiger partial charge in [-0.1, -0.05) is 6.92 Å². The number of ketones is 1. The van der Waals surface area contributed by atoms with Gasteiger partial charge < -0.3 is 0 Å². The van der Waals surface area contributed by atoms with Crippen LogP contribution < -0.4 is 0 Å². The summed E-state index contributed by atoms with van der Waals surface area (Å²) in [5, 5.41) is 0. The standard InChI is InChI=1S/C10H8F4OS/c1-2-8(15)7-4-3-6(11)5-9(7)16-10(12,13)14/h3-5H,2H2,1H3. The molecule has 0 saturated heterocycles. The summed E-state index contributed by atoms with van der Waals surface area (Å²) < 4.78 is 49.2. The quantitative estimate of drug-likeness (QED) is 0.459. The molecule has 88 valence electrons. The van der Waals surface area contributed by atoms with E-state index in [0.717, 1.165) is 18.2 Å². The molecule has 0 aliphatic carbocycles. The molecule has 0 radical (unpaired) electrons. The third kappa shape index (κ3) is 3.52. The lowest BCUT2D eigenvalue weighted by Gasteiger charge is -2.09. The van der Waals surface area contributed by atoms with Crippen molar-refractivity contribution in [1.82, 2.24) is 0 Å². The fourth-order valence-electron chi connectivity index (χ4n) is 1.13. The van der Waals surface area contributed by atoms with Crippen molar-refractivity contribution in [2.75, 3.05) is 0 Å². The highest BCUT2D eigenvalue weighted by Crippen LogP contribution is 2.39. The number of thioether (sulfide) groups is 1. The van der Waals surface area contributed by atoms with Gasteiger partial charge in [0.1, 0.15) is 5.82 Å². The Morgan fingerprint density at radius 1 is 1.38 bits per heavy atom. The number of carbonyl (C=O) groups excluding carboxylic acids is 1. The Balaban J connectivity index is 3.13. The Morgan fingerprint density at radius 3 is 2.50 bits per heavy atom. The predicted molar refractivity (Wildman–Crippen MR) is 52.9 cm³/mol. The molecule has 0 N–H and O–H groups in total. The molecule has 0 fully saturated rings. The van der Waals surface area contributed by atoms with E-state index in [1.165, 1.54) is 6.92 Å². The fraction of sp³-hybridized carbons (Fsp3) is 0.300. The molecule has 6 heteroatoms. The second-order valence-electron chi connectivity index (χ2n) is 2.97. The first-order valence-corrected chi connectivity index (χ1v) is 5.23. The molecule has 1 rings (SSSR count). The highest BCUT2D eigenvalue weighted by molar-refractivity contribution is 8.00. The lowest BCUT2D eigenvalue weighted by atomic mass is 10.1. The van der Waals surface area contributed by atoms with E-state index in [9.17, 15) is 22.4 Å². The minimum absolute atomic E-state index is 0.0804. The molecule has 1 nitrogen and oxygen atoms in total. The van der Waals surface area contributed by atoms with Crippen LogP contribution >= 0.6 is 11.8 Å². The minimum Gasteiger partial charge on any atom is -0.294 e. The summed E-state index contributed by atoms with van der Waals surface area (Å²) in [4.78, 5) is 10.9. The fourth-order valence-corrected chi connectivity index (χ4v) is 1.84. The summed E-state index contributed by atoms with van der Waals surface area (Å²) >= 11 is -0.476. The van der Waals surface area contributed by atoms with E-state index in [0.29, 0.717) is 0 Å². The van der Waals surface area contributed by atoms with E-state index in [-0.39, 0.29) is 16.9 Å². The van der Waals surface area contributed by atoms with Gasteiger partial charge in [0.25, 0.3) is 0 Å². The van der Waals surface area contributed by atoms with Gasteiger partial charge in [-0.25, -0.2) is 4.39 Å². The average Bonchev–Trinajstić information content (AvgIpc) is 2.14. The van der Waals surface area contributed by atoms with Gasteiger partial charge >= 0.3 is 5.51 Å². The van der Waals surface area contributed by atoms with Crippen LogP contribution in [0.3, 0.4) is 0 Å². The van der Waals surface area contributed by atoms with Crippen molar-refractivity contribution in [3.63, 3.8) is 0 Å². The van der Waals surface area contributed by atoms with Crippen molar-refractivity contribution in [2.45, 2.75) is 23.7 Å². The van der Waals surface area contributed by atoms with Gasteiger partial charge in [0.05, 0.1) is 0 Å². The van der Waals surface area contributed by atoms with Gasteiger partial charge in [0.15, 0.2) is 5.78 Å². The first-order chi connectivity index (χ1) is 7.33. The Hall–Kier alpha value is -1.04. The number of carbonyl (C=O) groups is 1. The molecule has 1 aromatic carbocycles. The van der Waals surface area contributed by atoms with Crippen LogP contribution in [-0.2, 0) is 0 Å². The second kappa shape index (κ2) is 4.86. The van der Waals surface area contributed by atoms with Crippen molar-refractivity contribution in [3.8, 4) is 0 Å². The molecule has 0 aliphatic heterocycles. The number of halogens is 4. The predicted octanol–water partition coefficient (Wildman–Crippen LogP) is 4.03. The van der Waals surface area contributed by atoms with Gasteiger partial charge in [-0.3, -0.25) is 4.79 Å². The maximum absolute atomic E-state index is 12.8. The number of hydrogen-bond acceptors (Lipinski definition) is 2. The monoisotopic (exact) mass is 252 g/mol. The summed E-state index contributed by atoms with van der Waals surface area (Å²) in [6.07, 6.45) is 0.0804. The van der Waals surface area contributed by atoms with Crippen LogP contribution in [0.25, 0.3) is 0 Å². The van der Waals surface area contributed by atoms with Gasteiger partial charge in [0, 0.05) is 16.9 Å².